The third-order valence-electron chi connectivity index (χ3n) is 3.86. The summed E-state index contributed by atoms with van der Waals surface area (Å²) in [7, 11) is 0. The van der Waals surface area contributed by atoms with Crippen molar-refractivity contribution in [1.29, 1.82) is 0 Å². The molecule has 0 bridgehead atoms. The summed E-state index contributed by atoms with van der Waals surface area (Å²) in [5.74, 6) is 0.481. The molecule has 2 unspecified atom stereocenters. The summed E-state index contributed by atoms with van der Waals surface area (Å²) >= 11 is 0. The van der Waals surface area contributed by atoms with Crippen LogP contribution < -0.4 is 9.64 Å². The van der Waals surface area contributed by atoms with Gasteiger partial charge in [0.2, 0.25) is 0 Å². The third-order valence-corrected chi connectivity index (χ3v) is 3.86. The first kappa shape index (κ1) is 14.4. The standard InChI is InChI=1S/C18H19NO3/c1-13-12-15-8-6-7-11-17(15)19(13)14(2)21-18(20)22-16-9-4-3-5-10-16/h3-11,13-14H,12H2,1-2H3. The van der Waals surface area contributed by atoms with Crippen LogP contribution in [0, 0.1) is 0 Å². The molecule has 4 heteroatoms. The average molecular weight is 297 g/mol. The molecular weight excluding hydrogens is 278 g/mol. The van der Waals surface area contributed by atoms with E-state index < -0.39 is 6.16 Å². The fraction of sp³-hybridized carbons (Fsp3) is 0.278. The van der Waals surface area contributed by atoms with Crippen molar-refractivity contribution < 1.29 is 14.3 Å². The molecule has 1 heterocycles. The van der Waals surface area contributed by atoms with Crippen LogP contribution in [0.4, 0.5) is 10.5 Å². The van der Waals surface area contributed by atoms with Gasteiger partial charge in [-0.15, -0.1) is 0 Å². The Kier molecular flexibility index (Phi) is 4.00. The number of benzene rings is 2. The van der Waals surface area contributed by atoms with Crippen molar-refractivity contribution in [3.8, 4) is 5.75 Å². The lowest BCUT2D eigenvalue weighted by atomic mass is 10.1. The molecule has 4 nitrogen and oxygen atoms in total. The van der Waals surface area contributed by atoms with Crippen LogP contribution in [0.5, 0.6) is 5.75 Å². The minimum Gasteiger partial charge on any atom is -0.410 e. The van der Waals surface area contributed by atoms with Crippen LogP contribution in [-0.2, 0) is 11.2 Å². The van der Waals surface area contributed by atoms with Gasteiger partial charge in [0.25, 0.3) is 0 Å². The van der Waals surface area contributed by atoms with Crippen molar-refractivity contribution in [1.82, 2.24) is 0 Å². The number of fused-ring (bicyclic) bond motifs is 1. The van der Waals surface area contributed by atoms with E-state index in [0.29, 0.717) is 5.75 Å². The van der Waals surface area contributed by atoms with Gasteiger partial charge in [-0.1, -0.05) is 36.4 Å². The Hall–Kier alpha value is -2.49. The van der Waals surface area contributed by atoms with Crippen LogP contribution in [0.3, 0.4) is 0 Å². The number of rotatable bonds is 3. The second-order valence-corrected chi connectivity index (χ2v) is 5.47. The Morgan fingerprint density at radius 2 is 1.82 bits per heavy atom. The Balaban J connectivity index is 1.67. The van der Waals surface area contributed by atoms with Crippen LogP contribution in [0.15, 0.2) is 54.6 Å². The van der Waals surface area contributed by atoms with E-state index in [1.54, 1.807) is 12.1 Å². The molecular formula is C18H19NO3. The van der Waals surface area contributed by atoms with Crippen LogP contribution in [0.1, 0.15) is 19.4 Å². The van der Waals surface area contributed by atoms with Gasteiger partial charge in [-0.05, 0) is 44.0 Å². The van der Waals surface area contributed by atoms with Crippen molar-refractivity contribution in [2.75, 3.05) is 4.90 Å². The van der Waals surface area contributed by atoms with Gasteiger partial charge in [0.1, 0.15) is 5.75 Å². The summed E-state index contributed by atoms with van der Waals surface area (Å²) in [6.45, 7) is 3.99. The molecule has 3 rings (SSSR count). The van der Waals surface area contributed by atoms with Crippen molar-refractivity contribution in [3.05, 3.63) is 60.2 Å². The molecule has 0 N–H and O–H groups in total. The summed E-state index contributed by atoms with van der Waals surface area (Å²) in [5, 5.41) is 0. The highest BCUT2D eigenvalue weighted by Crippen LogP contribution is 2.33. The molecule has 0 spiro atoms. The number of para-hydroxylation sites is 2. The highest BCUT2D eigenvalue weighted by molar-refractivity contribution is 5.65. The van der Waals surface area contributed by atoms with Gasteiger partial charge in [-0.2, -0.15) is 0 Å². The first-order valence-electron chi connectivity index (χ1n) is 7.45. The van der Waals surface area contributed by atoms with E-state index >= 15 is 0 Å². The van der Waals surface area contributed by atoms with Gasteiger partial charge in [-0.3, -0.25) is 0 Å². The fourth-order valence-electron chi connectivity index (χ4n) is 2.95. The minimum atomic E-state index is -0.685. The number of carbonyl (C=O) groups is 1. The molecule has 114 valence electrons. The molecule has 0 radical (unpaired) electrons. The molecule has 0 amide bonds. The normalized spacial score (nSPS) is 17.7. The van der Waals surface area contributed by atoms with E-state index in [0.717, 1.165) is 12.1 Å². The average Bonchev–Trinajstić information content (AvgIpc) is 2.83. The number of anilines is 1. The largest absolute Gasteiger partial charge is 0.515 e. The lowest BCUT2D eigenvalue weighted by Crippen LogP contribution is -2.41. The SMILES string of the molecule is CC1Cc2ccccc2N1C(C)OC(=O)Oc1ccccc1. The summed E-state index contributed by atoms with van der Waals surface area (Å²) in [4.78, 5) is 14.0. The van der Waals surface area contributed by atoms with Gasteiger partial charge >= 0.3 is 6.16 Å². The summed E-state index contributed by atoms with van der Waals surface area (Å²) in [6.07, 6.45) is -0.109. The Bertz CT molecular complexity index is 656. The van der Waals surface area contributed by atoms with Crippen molar-refractivity contribution in [2.45, 2.75) is 32.5 Å². The van der Waals surface area contributed by atoms with Crippen molar-refractivity contribution in [2.24, 2.45) is 0 Å². The Labute approximate surface area is 130 Å². The molecule has 0 saturated carbocycles. The van der Waals surface area contributed by atoms with Crippen molar-refractivity contribution >= 4 is 11.8 Å². The first-order valence-corrected chi connectivity index (χ1v) is 7.45. The van der Waals surface area contributed by atoms with E-state index in [1.807, 2.05) is 37.3 Å². The van der Waals surface area contributed by atoms with E-state index in [1.165, 1.54) is 5.56 Å². The number of hydrogen-bond donors (Lipinski definition) is 0. The second kappa shape index (κ2) is 6.10. The molecule has 2 atom stereocenters. The molecule has 22 heavy (non-hydrogen) atoms. The Morgan fingerprint density at radius 1 is 1.14 bits per heavy atom. The maximum Gasteiger partial charge on any atom is 0.515 e. The quantitative estimate of drug-likeness (QED) is 0.634. The maximum absolute atomic E-state index is 11.9. The predicted octanol–water partition coefficient (Wildman–Crippen LogP) is 4.00. The van der Waals surface area contributed by atoms with Gasteiger partial charge in [0.15, 0.2) is 6.23 Å². The topological polar surface area (TPSA) is 38.8 Å². The molecule has 0 saturated heterocycles. The number of ether oxygens (including phenoxy) is 2. The van der Waals surface area contributed by atoms with Gasteiger partial charge in [-0.25, -0.2) is 4.79 Å². The van der Waals surface area contributed by atoms with Crippen LogP contribution in [-0.4, -0.2) is 18.4 Å². The zero-order chi connectivity index (χ0) is 15.5. The molecule has 0 aromatic heterocycles. The molecule has 1 aliphatic rings. The number of carbonyl (C=O) groups excluding carboxylic acids is 1. The molecule has 0 fully saturated rings. The van der Waals surface area contributed by atoms with Gasteiger partial charge in [0.05, 0.1) is 0 Å². The molecule has 0 aliphatic carbocycles. The fourth-order valence-corrected chi connectivity index (χ4v) is 2.95. The number of hydrogen-bond acceptors (Lipinski definition) is 4. The minimum absolute atomic E-state index is 0.289. The summed E-state index contributed by atoms with van der Waals surface area (Å²) in [5.41, 5.74) is 2.40. The van der Waals surface area contributed by atoms with Crippen LogP contribution in [0.2, 0.25) is 0 Å². The lowest BCUT2D eigenvalue weighted by molar-refractivity contribution is 0.0622. The van der Waals surface area contributed by atoms with Gasteiger partial charge in [0, 0.05) is 11.7 Å². The number of nitrogens with zero attached hydrogens (tertiary/aromatic N) is 1. The zero-order valence-corrected chi connectivity index (χ0v) is 12.7. The monoisotopic (exact) mass is 297 g/mol. The predicted molar refractivity (Wildman–Crippen MR) is 85.1 cm³/mol. The lowest BCUT2D eigenvalue weighted by Gasteiger charge is -2.30. The first-order chi connectivity index (χ1) is 10.6. The van der Waals surface area contributed by atoms with E-state index in [2.05, 4.69) is 24.0 Å². The highest BCUT2D eigenvalue weighted by Gasteiger charge is 2.31. The zero-order valence-electron chi connectivity index (χ0n) is 12.7. The van der Waals surface area contributed by atoms with E-state index in [9.17, 15) is 4.79 Å². The maximum atomic E-state index is 11.9. The summed E-state index contributed by atoms with van der Waals surface area (Å²) < 4.78 is 10.6. The van der Waals surface area contributed by atoms with Crippen LogP contribution in [0.25, 0.3) is 0 Å². The van der Waals surface area contributed by atoms with Gasteiger partial charge < -0.3 is 14.4 Å². The van der Waals surface area contributed by atoms with E-state index in [4.69, 9.17) is 9.47 Å². The highest BCUT2D eigenvalue weighted by atomic mass is 16.7. The Morgan fingerprint density at radius 3 is 2.59 bits per heavy atom. The third kappa shape index (κ3) is 2.91. The smallest absolute Gasteiger partial charge is 0.410 e. The van der Waals surface area contributed by atoms with E-state index in [-0.39, 0.29) is 12.3 Å². The molecule has 2 aromatic carbocycles. The molecule has 2 aromatic rings. The molecule has 1 aliphatic heterocycles. The summed E-state index contributed by atoms with van der Waals surface area (Å²) in [6, 6.07) is 17.4. The van der Waals surface area contributed by atoms with Crippen LogP contribution >= 0.6 is 0 Å². The second-order valence-electron chi connectivity index (χ2n) is 5.47. The van der Waals surface area contributed by atoms with Crippen molar-refractivity contribution in [3.63, 3.8) is 0 Å².